The van der Waals surface area contributed by atoms with E-state index in [4.69, 9.17) is 0 Å². The van der Waals surface area contributed by atoms with Crippen molar-refractivity contribution in [1.29, 1.82) is 0 Å². The first-order valence-corrected chi connectivity index (χ1v) is 9.08. The molecule has 5 rings (SSSR count). The molecule has 7 heteroatoms. The predicted octanol–water partition coefficient (Wildman–Crippen LogP) is 3.58. The molecule has 2 heterocycles. The Labute approximate surface area is 158 Å². The minimum absolute atomic E-state index is 0.0244. The van der Waals surface area contributed by atoms with Gasteiger partial charge >= 0.3 is 5.97 Å². The minimum atomic E-state index is -1.33. The van der Waals surface area contributed by atoms with Crippen LogP contribution in [-0.4, -0.2) is 15.6 Å². The first-order chi connectivity index (χ1) is 13.4. The van der Waals surface area contributed by atoms with Crippen LogP contribution in [0.1, 0.15) is 40.4 Å². The average molecular weight is 382 g/mol. The number of carboxylic acid groups (broad SMARTS) is 1. The molecular formula is C21H16F2N2O3. The molecule has 2 aromatic carbocycles. The van der Waals surface area contributed by atoms with Crippen LogP contribution in [0.4, 0.5) is 8.78 Å². The molecular weight excluding hydrogens is 366 g/mol. The van der Waals surface area contributed by atoms with Crippen molar-refractivity contribution >= 4 is 16.9 Å². The number of nitrogens with one attached hydrogen (secondary N) is 1. The maximum absolute atomic E-state index is 14.9. The van der Waals surface area contributed by atoms with Gasteiger partial charge in [-0.15, -0.1) is 0 Å². The van der Waals surface area contributed by atoms with Gasteiger partial charge in [-0.2, -0.15) is 0 Å². The fraction of sp³-hybridized carbons (Fsp3) is 0.238. The summed E-state index contributed by atoms with van der Waals surface area (Å²) in [5, 5.41) is 12.4. The lowest BCUT2D eigenvalue weighted by Crippen LogP contribution is -2.19. The number of carbonyl (C=O) groups is 1. The van der Waals surface area contributed by atoms with E-state index in [2.05, 4.69) is 5.32 Å². The van der Waals surface area contributed by atoms with Crippen molar-refractivity contribution in [3.8, 4) is 11.1 Å². The molecule has 5 nitrogen and oxygen atoms in total. The summed E-state index contributed by atoms with van der Waals surface area (Å²) in [5.74, 6) is -2.41. The molecule has 0 atom stereocenters. The van der Waals surface area contributed by atoms with Crippen molar-refractivity contribution in [2.45, 2.75) is 32.0 Å². The van der Waals surface area contributed by atoms with E-state index in [9.17, 15) is 23.5 Å². The Hall–Kier alpha value is -3.06. The van der Waals surface area contributed by atoms with E-state index >= 15 is 0 Å². The molecule has 142 valence electrons. The Morgan fingerprint density at radius 1 is 1.11 bits per heavy atom. The quantitative estimate of drug-likeness (QED) is 0.726. The molecule has 1 aliphatic heterocycles. The molecule has 1 aromatic heterocycles. The number of fused-ring (bicyclic) bond motifs is 2. The number of aromatic carboxylic acids is 1. The Morgan fingerprint density at radius 2 is 1.89 bits per heavy atom. The average Bonchev–Trinajstić information content (AvgIpc) is 3.38. The van der Waals surface area contributed by atoms with Crippen molar-refractivity contribution in [2.75, 3.05) is 0 Å². The number of hydrogen-bond acceptors (Lipinski definition) is 3. The fourth-order valence-electron chi connectivity index (χ4n) is 3.92. The Bertz CT molecular complexity index is 1230. The summed E-state index contributed by atoms with van der Waals surface area (Å²) in [6, 6.07) is 5.75. The van der Waals surface area contributed by atoms with Crippen molar-refractivity contribution in [3.05, 3.63) is 69.0 Å². The molecule has 3 aromatic rings. The standard InChI is InChI=1S/C21H16F2N2O3/c22-17-4-10(3-11-7-24-8-15(11)17)13-6-19-14(5-18(13)23)20(26)16(21(27)28)9-25(19)12-1-2-12/h3-6,9,12,24H,1-2,7-8H2,(H,27,28). The normalized spacial score (nSPS) is 15.8. The van der Waals surface area contributed by atoms with E-state index in [1.165, 1.54) is 18.3 Å². The fourth-order valence-corrected chi connectivity index (χ4v) is 3.92. The summed E-state index contributed by atoms with van der Waals surface area (Å²) in [6.45, 7) is 0.963. The molecule has 1 saturated carbocycles. The molecule has 1 aliphatic carbocycles. The number of aromatic nitrogens is 1. The van der Waals surface area contributed by atoms with Gasteiger partial charge in [0.2, 0.25) is 5.43 Å². The van der Waals surface area contributed by atoms with Gasteiger partial charge in [0.15, 0.2) is 0 Å². The summed E-state index contributed by atoms with van der Waals surface area (Å²) in [5.41, 5.74) is 1.35. The number of nitrogens with zero attached hydrogens (tertiary/aromatic N) is 1. The maximum Gasteiger partial charge on any atom is 0.341 e. The highest BCUT2D eigenvalue weighted by atomic mass is 19.1. The third-order valence-corrected chi connectivity index (χ3v) is 5.51. The van der Waals surface area contributed by atoms with Gasteiger partial charge in [-0.1, -0.05) is 0 Å². The molecule has 0 bridgehead atoms. The van der Waals surface area contributed by atoms with Crippen LogP contribution in [-0.2, 0) is 13.1 Å². The molecule has 28 heavy (non-hydrogen) atoms. The summed E-state index contributed by atoms with van der Waals surface area (Å²) < 4.78 is 31.1. The molecule has 0 saturated heterocycles. The minimum Gasteiger partial charge on any atom is -0.477 e. The number of pyridine rings is 1. The molecule has 1 fully saturated rings. The Morgan fingerprint density at radius 3 is 2.61 bits per heavy atom. The second-order valence-electron chi connectivity index (χ2n) is 7.36. The van der Waals surface area contributed by atoms with Gasteiger partial charge < -0.3 is 15.0 Å². The maximum atomic E-state index is 14.9. The smallest absolute Gasteiger partial charge is 0.341 e. The molecule has 0 spiro atoms. The number of benzene rings is 2. The SMILES string of the molecule is O=C(O)c1cn(C2CC2)c2cc(-c3cc(F)c4c(c3)CNC4)c(F)cc2c1=O. The van der Waals surface area contributed by atoms with Crippen LogP contribution in [0.5, 0.6) is 0 Å². The predicted molar refractivity (Wildman–Crippen MR) is 99.3 cm³/mol. The van der Waals surface area contributed by atoms with Crippen molar-refractivity contribution in [3.63, 3.8) is 0 Å². The Balaban J connectivity index is 1.78. The zero-order valence-electron chi connectivity index (χ0n) is 14.8. The van der Waals surface area contributed by atoms with E-state index in [0.717, 1.165) is 24.5 Å². The monoisotopic (exact) mass is 382 g/mol. The van der Waals surface area contributed by atoms with Gasteiger partial charge in [0, 0.05) is 41.8 Å². The Kier molecular flexibility index (Phi) is 3.64. The third-order valence-electron chi connectivity index (χ3n) is 5.51. The highest BCUT2D eigenvalue weighted by Crippen LogP contribution is 2.38. The first kappa shape index (κ1) is 17.1. The second-order valence-corrected chi connectivity index (χ2v) is 7.36. The lowest BCUT2D eigenvalue weighted by atomic mass is 9.97. The highest BCUT2D eigenvalue weighted by Gasteiger charge is 2.28. The molecule has 0 radical (unpaired) electrons. The van der Waals surface area contributed by atoms with E-state index < -0.39 is 23.0 Å². The van der Waals surface area contributed by atoms with Crippen LogP contribution in [0, 0.1) is 11.6 Å². The van der Waals surface area contributed by atoms with Gasteiger partial charge in [0.25, 0.3) is 0 Å². The second kappa shape index (κ2) is 5.97. The lowest BCUT2D eigenvalue weighted by molar-refractivity contribution is 0.0695. The van der Waals surface area contributed by atoms with E-state index in [0.29, 0.717) is 29.7 Å². The summed E-state index contributed by atoms with van der Waals surface area (Å²) >= 11 is 0. The zero-order chi connectivity index (χ0) is 19.6. The summed E-state index contributed by atoms with van der Waals surface area (Å²) in [7, 11) is 0. The van der Waals surface area contributed by atoms with Crippen LogP contribution in [0.15, 0.2) is 35.3 Å². The largest absolute Gasteiger partial charge is 0.477 e. The summed E-state index contributed by atoms with van der Waals surface area (Å²) in [4.78, 5) is 24.0. The van der Waals surface area contributed by atoms with Crippen LogP contribution in [0.25, 0.3) is 22.0 Å². The zero-order valence-corrected chi connectivity index (χ0v) is 14.8. The van der Waals surface area contributed by atoms with E-state index in [1.807, 2.05) is 0 Å². The van der Waals surface area contributed by atoms with Gasteiger partial charge in [-0.3, -0.25) is 4.79 Å². The van der Waals surface area contributed by atoms with Gasteiger partial charge in [-0.05, 0) is 48.2 Å². The number of rotatable bonds is 3. The first-order valence-electron chi connectivity index (χ1n) is 9.08. The number of halogens is 2. The van der Waals surface area contributed by atoms with Crippen molar-refractivity contribution in [1.82, 2.24) is 9.88 Å². The van der Waals surface area contributed by atoms with Crippen molar-refractivity contribution < 1.29 is 18.7 Å². The number of hydrogen-bond donors (Lipinski definition) is 2. The van der Waals surface area contributed by atoms with Gasteiger partial charge in [0.05, 0.1) is 5.52 Å². The molecule has 0 unspecified atom stereocenters. The topological polar surface area (TPSA) is 71.3 Å². The molecule has 2 N–H and O–H groups in total. The van der Waals surface area contributed by atoms with Crippen molar-refractivity contribution in [2.24, 2.45) is 0 Å². The van der Waals surface area contributed by atoms with Gasteiger partial charge in [-0.25, -0.2) is 13.6 Å². The lowest BCUT2D eigenvalue weighted by Gasteiger charge is -2.14. The van der Waals surface area contributed by atoms with Crippen LogP contribution in [0.2, 0.25) is 0 Å². The molecule has 0 amide bonds. The third kappa shape index (κ3) is 2.54. The van der Waals surface area contributed by atoms with Gasteiger partial charge in [0.1, 0.15) is 17.2 Å². The van der Waals surface area contributed by atoms with Crippen LogP contribution >= 0.6 is 0 Å². The highest BCUT2D eigenvalue weighted by molar-refractivity contribution is 5.94. The number of carboxylic acids is 1. The van der Waals surface area contributed by atoms with Crippen LogP contribution < -0.4 is 10.7 Å². The van der Waals surface area contributed by atoms with Crippen LogP contribution in [0.3, 0.4) is 0 Å². The van der Waals surface area contributed by atoms with E-state index in [1.54, 1.807) is 10.6 Å². The van der Waals surface area contributed by atoms with E-state index in [-0.39, 0.29) is 22.6 Å². The summed E-state index contributed by atoms with van der Waals surface area (Å²) in [6.07, 6.45) is 3.06. The molecule has 2 aliphatic rings.